The van der Waals surface area contributed by atoms with E-state index in [1.54, 1.807) is 43.4 Å². The van der Waals surface area contributed by atoms with E-state index in [1.165, 1.54) is 19.1 Å². The van der Waals surface area contributed by atoms with Crippen LogP contribution in [0.15, 0.2) is 54.6 Å². The number of carbonyl (C=O) groups excluding carboxylic acids is 4. The number of nitrogens with one attached hydrogen (secondary N) is 3. The molecule has 0 spiro atoms. The second-order valence-electron chi connectivity index (χ2n) is 12.5. The Kier molecular flexibility index (Phi) is 15.7. The first-order chi connectivity index (χ1) is 24.6. The number of hydrogen-bond acceptors (Lipinski definition) is 9. The number of aromatic amines is 1. The molecule has 53 heavy (non-hydrogen) atoms. The van der Waals surface area contributed by atoms with Crippen molar-refractivity contribution in [3.05, 3.63) is 71.3 Å². The number of carbonyl (C=O) groups is 4. The number of aryl methyl sites for hydroxylation is 1. The molecule has 0 atom stereocenters. The lowest BCUT2D eigenvalue weighted by atomic mass is 10.1. The number of anilines is 3. The number of piperazine rings is 1. The Hall–Kier alpha value is -5.05. The first kappa shape index (κ1) is 42.4. The second-order valence-corrected chi connectivity index (χ2v) is 12.5. The van der Waals surface area contributed by atoms with Gasteiger partial charge in [0.1, 0.15) is 17.0 Å². The summed E-state index contributed by atoms with van der Waals surface area (Å²) in [6.45, 7) is 5.83. The van der Waals surface area contributed by atoms with Crippen molar-refractivity contribution in [2.24, 2.45) is 0 Å². The molecule has 5 rings (SSSR count). The van der Waals surface area contributed by atoms with Crippen molar-refractivity contribution >= 4 is 77.0 Å². The van der Waals surface area contributed by atoms with Gasteiger partial charge in [-0.15, -0.1) is 24.8 Å². The van der Waals surface area contributed by atoms with Crippen LogP contribution in [0.1, 0.15) is 52.0 Å². The third kappa shape index (κ3) is 10.7. The van der Waals surface area contributed by atoms with E-state index in [1.807, 2.05) is 30.0 Å². The van der Waals surface area contributed by atoms with Crippen LogP contribution in [-0.2, 0) is 9.53 Å². The van der Waals surface area contributed by atoms with Gasteiger partial charge in [0.25, 0.3) is 11.8 Å². The Bertz CT molecular complexity index is 1900. The zero-order valence-electron chi connectivity index (χ0n) is 30.5. The van der Waals surface area contributed by atoms with Crippen LogP contribution in [0.2, 0.25) is 0 Å². The fourth-order valence-corrected chi connectivity index (χ4v) is 5.81. The molecule has 1 aliphatic rings. The van der Waals surface area contributed by atoms with Gasteiger partial charge in [-0.1, -0.05) is 12.1 Å². The molecule has 14 nitrogen and oxygen atoms in total. The number of imidazole rings is 1. The van der Waals surface area contributed by atoms with Crippen molar-refractivity contribution in [2.45, 2.75) is 32.6 Å². The van der Waals surface area contributed by atoms with Gasteiger partial charge in [-0.2, -0.15) is 0 Å². The third-order valence-electron chi connectivity index (χ3n) is 8.79. The number of halogens is 2. The first-order valence-corrected chi connectivity index (χ1v) is 16.9. The van der Waals surface area contributed by atoms with E-state index in [-0.39, 0.29) is 53.9 Å². The molecule has 1 fully saturated rings. The van der Waals surface area contributed by atoms with Crippen LogP contribution in [0, 0.1) is 6.92 Å². The highest BCUT2D eigenvalue weighted by molar-refractivity contribution is 6.13. The van der Waals surface area contributed by atoms with Crippen LogP contribution in [0.5, 0.6) is 11.5 Å². The number of hydrogen-bond donors (Lipinski definition) is 3. The van der Waals surface area contributed by atoms with Crippen LogP contribution in [0.25, 0.3) is 11.0 Å². The van der Waals surface area contributed by atoms with E-state index in [2.05, 4.69) is 37.3 Å². The maximum Gasteiger partial charge on any atom is 0.413 e. The SMILES string of the molecule is COC(=O)Nc1nc2c(C(=O)Nc3ccc(C(=O)N(C)c4ccc(C)cc4OCCCCCC(=O)N4CCN(C)CC4)cc3OC)cccc2[nH]1.Cl.Cl. The van der Waals surface area contributed by atoms with Crippen LogP contribution in [-0.4, -0.2) is 105 Å². The van der Waals surface area contributed by atoms with Gasteiger partial charge in [-0.05, 0) is 81.3 Å². The summed E-state index contributed by atoms with van der Waals surface area (Å²) in [5.74, 6) is 0.468. The Morgan fingerprint density at radius 1 is 0.906 bits per heavy atom. The maximum absolute atomic E-state index is 13.7. The van der Waals surface area contributed by atoms with Gasteiger partial charge in [0.15, 0.2) is 0 Å². The zero-order valence-corrected chi connectivity index (χ0v) is 32.2. The molecule has 3 aromatic carbocycles. The summed E-state index contributed by atoms with van der Waals surface area (Å²) in [7, 11) is 6.45. The normalized spacial score (nSPS) is 12.6. The number of likely N-dealkylation sites (N-methyl/N-ethyl adjacent to an activating group) is 1. The third-order valence-corrected chi connectivity index (χ3v) is 8.79. The van der Waals surface area contributed by atoms with Gasteiger partial charge in [-0.25, -0.2) is 9.78 Å². The minimum Gasteiger partial charge on any atom is -0.495 e. The quantitative estimate of drug-likeness (QED) is 0.136. The second kappa shape index (κ2) is 19.7. The highest BCUT2D eigenvalue weighted by Crippen LogP contribution is 2.32. The van der Waals surface area contributed by atoms with Gasteiger partial charge in [-0.3, -0.25) is 19.7 Å². The predicted molar refractivity (Wildman–Crippen MR) is 210 cm³/mol. The highest BCUT2D eigenvalue weighted by atomic mass is 35.5. The van der Waals surface area contributed by atoms with Crippen LogP contribution < -0.4 is 25.0 Å². The van der Waals surface area contributed by atoms with Crippen molar-refractivity contribution in [3.8, 4) is 11.5 Å². The van der Waals surface area contributed by atoms with Crippen molar-refractivity contribution in [2.75, 3.05) is 76.6 Å². The monoisotopic (exact) mass is 771 g/mol. The molecular weight excluding hydrogens is 725 g/mol. The van der Waals surface area contributed by atoms with E-state index in [9.17, 15) is 19.2 Å². The summed E-state index contributed by atoms with van der Waals surface area (Å²) in [6.07, 6.45) is 2.29. The summed E-state index contributed by atoms with van der Waals surface area (Å²) < 4.78 is 16.3. The minimum absolute atomic E-state index is 0. The van der Waals surface area contributed by atoms with Gasteiger partial charge in [0.05, 0.1) is 43.3 Å². The molecule has 1 aromatic heterocycles. The lowest BCUT2D eigenvalue weighted by Gasteiger charge is -2.32. The van der Waals surface area contributed by atoms with E-state index < -0.39 is 12.0 Å². The van der Waals surface area contributed by atoms with Crippen molar-refractivity contribution < 1.29 is 33.4 Å². The zero-order chi connectivity index (χ0) is 36.5. The number of methoxy groups -OCH3 is 2. The van der Waals surface area contributed by atoms with Crippen LogP contribution in [0.4, 0.5) is 22.1 Å². The molecule has 16 heteroatoms. The number of nitrogens with zero attached hydrogens (tertiary/aromatic N) is 4. The molecule has 0 saturated carbocycles. The van der Waals surface area contributed by atoms with Crippen molar-refractivity contribution in [1.82, 2.24) is 19.8 Å². The predicted octanol–water partition coefficient (Wildman–Crippen LogP) is 6.14. The number of para-hydroxylation sites is 1. The number of rotatable bonds is 13. The molecule has 0 aliphatic carbocycles. The number of aromatic nitrogens is 2. The average molecular weight is 773 g/mol. The van der Waals surface area contributed by atoms with Gasteiger partial charge in [0, 0.05) is 45.2 Å². The van der Waals surface area contributed by atoms with E-state index >= 15 is 0 Å². The van der Waals surface area contributed by atoms with E-state index in [0.29, 0.717) is 46.7 Å². The topological polar surface area (TPSA) is 158 Å². The summed E-state index contributed by atoms with van der Waals surface area (Å²) in [6, 6.07) is 15.5. The van der Waals surface area contributed by atoms with Crippen molar-refractivity contribution in [3.63, 3.8) is 0 Å². The maximum atomic E-state index is 13.7. The number of benzene rings is 3. The molecular formula is C37H47Cl2N7O7. The Morgan fingerprint density at radius 2 is 1.66 bits per heavy atom. The highest BCUT2D eigenvalue weighted by Gasteiger charge is 2.22. The smallest absolute Gasteiger partial charge is 0.413 e. The lowest BCUT2D eigenvalue weighted by Crippen LogP contribution is -2.47. The first-order valence-electron chi connectivity index (χ1n) is 16.9. The molecule has 1 saturated heterocycles. The van der Waals surface area contributed by atoms with E-state index in [4.69, 9.17) is 9.47 Å². The van der Waals surface area contributed by atoms with Gasteiger partial charge >= 0.3 is 6.09 Å². The number of H-pyrrole nitrogens is 1. The lowest BCUT2D eigenvalue weighted by molar-refractivity contribution is -0.132. The summed E-state index contributed by atoms with van der Waals surface area (Å²) in [4.78, 5) is 64.2. The molecule has 3 N–H and O–H groups in total. The molecule has 1 aliphatic heterocycles. The van der Waals surface area contributed by atoms with Crippen LogP contribution >= 0.6 is 24.8 Å². The number of fused-ring (bicyclic) bond motifs is 1. The summed E-state index contributed by atoms with van der Waals surface area (Å²) in [5, 5.41) is 5.29. The number of amides is 4. The Balaban J connectivity index is 0.00000378. The number of ether oxygens (including phenoxy) is 3. The molecule has 4 amide bonds. The van der Waals surface area contributed by atoms with Gasteiger partial charge < -0.3 is 39.2 Å². The molecule has 286 valence electrons. The van der Waals surface area contributed by atoms with Crippen LogP contribution in [0.3, 0.4) is 0 Å². The Labute approximate surface area is 321 Å². The Morgan fingerprint density at radius 3 is 2.38 bits per heavy atom. The summed E-state index contributed by atoms with van der Waals surface area (Å²) in [5.41, 5.74) is 3.45. The van der Waals surface area contributed by atoms with Gasteiger partial charge in [0.2, 0.25) is 11.9 Å². The molecule has 0 bridgehead atoms. The summed E-state index contributed by atoms with van der Waals surface area (Å²) >= 11 is 0. The average Bonchev–Trinajstić information content (AvgIpc) is 3.55. The minimum atomic E-state index is -0.700. The molecule has 0 radical (unpaired) electrons. The largest absolute Gasteiger partial charge is 0.495 e. The van der Waals surface area contributed by atoms with Crippen molar-refractivity contribution in [1.29, 1.82) is 0 Å². The van der Waals surface area contributed by atoms with E-state index in [0.717, 1.165) is 51.0 Å². The molecule has 2 heterocycles. The fraction of sp³-hybridized carbons (Fsp3) is 0.378. The fourth-order valence-electron chi connectivity index (χ4n) is 5.81. The molecule has 0 unspecified atom stereocenters. The molecule has 4 aromatic rings. The standard InChI is InChI=1S/C37H45N7O7.2ClH/c1-24-13-16-29(31(22-24)51-21-8-6-7-12-32(45)44-19-17-42(2)18-20-44)43(3)35(47)25-14-15-27(30(23-25)49-4)38-34(46)26-10-9-11-28-33(26)40-36(39-28)41-37(48)50-5;;/h9-11,13-16,22-23H,6-8,12,17-21H2,1-5H3,(H,38,46)(H2,39,40,41,48);2*1H. The number of unbranched alkanes of at least 4 members (excludes halogenated alkanes) is 2.